The van der Waals surface area contributed by atoms with Gasteiger partial charge in [-0.15, -0.1) is 0 Å². The van der Waals surface area contributed by atoms with Gasteiger partial charge in [0.25, 0.3) is 0 Å². The van der Waals surface area contributed by atoms with Gasteiger partial charge in [0, 0.05) is 33.5 Å². The van der Waals surface area contributed by atoms with Crippen LogP contribution < -0.4 is 4.90 Å². The van der Waals surface area contributed by atoms with Crippen LogP contribution in [0.25, 0.3) is 38.6 Å². The third kappa shape index (κ3) is 4.24. The number of hydrogen-bond acceptors (Lipinski definition) is 1. The first-order valence-electron chi connectivity index (χ1n) is 15.5. The van der Waals surface area contributed by atoms with Crippen LogP contribution in [0.3, 0.4) is 0 Å². The van der Waals surface area contributed by atoms with E-state index in [1.54, 1.807) is 0 Å². The van der Waals surface area contributed by atoms with Crippen LogP contribution in [0.5, 0.6) is 0 Å². The van der Waals surface area contributed by atoms with E-state index < -0.39 is 0 Å². The molecule has 0 radical (unpaired) electrons. The first-order chi connectivity index (χ1) is 21.0. The van der Waals surface area contributed by atoms with Crippen molar-refractivity contribution >= 4 is 33.2 Å². The molecule has 0 N–H and O–H groups in total. The zero-order valence-electron chi connectivity index (χ0n) is 25.1. The highest BCUT2D eigenvalue weighted by Crippen LogP contribution is 2.46. The molecule has 1 heterocycles. The summed E-state index contributed by atoms with van der Waals surface area (Å²) in [6.07, 6.45) is 9.15. The zero-order chi connectivity index (χ0) is 29.1. The lowest BCUT2D eigenvalue weighted by atomic mass is 9.70. The molecule has 0 saturated carbocycles. The van der Waals surface area contributed by atoms with Crippen LogP contribution in [0.4, 0.5) is 11.4 Å². The average molecular weight is 557 g/mol. The molecule has 0 spiro atoms. The molecule has 2 heteroatoms. The van der Waals surface area contributed by atoms with Gasteiger partial charge in [0.2, 0.25) is 0 Å². The molecule has 1 aromatic heterocycles. The number of para-hydroxylation sites is 2. The molecule has 5 aromatic carbocycles. The number of anilines is 2. The minimum Gasteiger partial charge on any atom is -0.311 e. The molecule has 6 aromatic rings. The lowest BCUT2D eigenvalue weighted by molar-refractivity contribution is 0.517. The Labute approximate surface area is 254 Å². The fraction of sp³-hybridized carbons (Fsp3) is 0.171. The first-order valence-corrected chi connectivity index (χ1v) is 15.5. The lowest BCUT2D eigenvalue weighted by Crippen LogP contribution is -2.26. The summed E-state index contributed by atoms with van der Waals surface area (Å²) in [6, 6.07) is 42.5. The summed E-state index contributed by atoms with van der Waals surface area (Å²) in [4.78, 5) is 2.47. The molecule has 43 heavy (non-hydrogen) atoms. The van der Waals surface area contributed by atoms with E-state index in [1.807, 2.05) is 0 Å². The second-order valence-electron chi connectivity index (χ2n) is 12.9. The second kappa shape index (κ2) is 9.88. The summed E-state index contributed by atoms with van der Waals surface area (Å²) in [7, 11) is 0. The molecular weight excluding hydrogens is 520 g/mol. The van der Waals surface area contributed by atoms with Gasteiger partial charge in [0.15, 0.2) is 0 Å². The summed E-state index contributed by atoms with van der Waals surface area (Å²) in [6.45, 7) is 7.07. The Morgan fingerprint density at radius 3 is 2.26 bits per heavy atom. The molecule has 0 aliphatic heterocycles. The van der Waals surface area contributed by atoms with E-state index in [2.05, 4.69) is 164 Å². The molecule has 2 aliphatic carbocycles. The normalized spacial score (nSPS) is 17.0. The van der Waals surface area contributed by atoms with E-state index in [1.165, 1.54) is 66.8 Å². The molecule has 1 atom stereocenters. The predicted octanol–water partition coefficient (Wildman–Crippen LogP) is 10.9. The third-order valence-electron chi connectivity index (χ3n) is 9.41. The van der Waals surface area contributed by atoms with E-state index in [0.29, 0.717) is 5.92 Å². The van der Waals surface area contributed by atoms with Crippen LogP contribution >= 0.6 is 0 Å². The Bertz CT molecular complexity index is 2070. The maximum absolute atomic E-state index is 2.47. The van der Waals surface area contributed by atoms with Crippen molar-refractivity contribution in [3.63, 3.8) is 0 Å². The van der Waals surface area contributed by atoms with E-state index in [4.69, 9.17) is 0 Å². The van der Waals surface area contributed by atoms with Gasteiger partial charge in [-0.3, -0.25) is 0 Å². The largest absolute Gasteiger partial charge is 0.311 e. The number of hydrogen-bond donors (Lipinski definition) is 0. The highest BCUT2D eigenvalue weighted by Gasteiger charge is 2.32. The molecule has 0 bridgehead atoms. The summed E-state index contributed by atoms with van der Waals surface area (Å²) in [5.41, 5.74) is 12.9. The molecule has 1 unspecified atom stereocenters. The first kappa shape index (κ1) is 25.9. The highest BCUT2D eigenvalue weighted by atomic mass is 15.1. The zero-order valence-corrected chi connectivity index (χ0v) is 25.1. The average Bonchev–Trinajstić information content (AvgIpc) is 3.36. The Hall–Kier alpha value is -4.82. The van der Waals surface area contributed by atoms with Crippen molar-refractivity contribution in [2.45, 2.75) is 39.0 Å². The minimum atomic E-state index is 0.0454. The fourth-order valence-electron chi connectivity index (χ4n) is 7.26. The van der Waals surface area contributed by atoms with Crippen LogP contribution in [0.2, 0.25) is 0 Å². The Kier molecular flexibility index (Phi) is 5.94. The molecule has 2 nitrogen and oxygen atoms in total. The van der Waals surface area contributed by atoms with Crippen LogP contribution in [-0.2, 0) is 11.8 Å². The van der Waals surface area contributed by atoms with Gasteiger partial charge in [-0.1, -0.05) is 99.7 Å². The van der Waals surface area contributed by atoms with Crippen molar-refractivity contribution in [2.75, 3.05) is 4.90 Å². The summed E-state index contributed by atoms with van der Waals surface area (Å²) < 4.78 is 2.39. The summed E-state index contributed by atoms with van der Waals surface area (Å²) >= 11 is 0. The molecule has 8 rings (SSSR count). The maximum Gasteiger partial charge on any atom is 0.0542 e. The van der Waals surface area contributed by atoms with Crippen molar-refractivity contribution in [3.8, 4) is 16.8 Å². The van der Waals surface area contributed by atoms with Crippen molar-refractivity contribution in [1.82, 2.24) is 4.57 Å². The number of fused-ring (bicyclic) bond motifs is 6. The standard InChI is InChI=1S/C41H36N2/c1-28-17-19-31(20-18-28)42(33-21-23-35-34-14-8-7-11-29(34)27-41(2,3)38(35)26-33)32-22-24-40-37(25-32)36-15-9-10-16-39(36)43(40)30-12-5-4-6-13-30/h4-17,19-26,28H,18,27H2,1-3H3. The van der Waals surface area contributed by atoms with Crippen LogP contribution in [0.1, 0.15) is 38.3 Å². The van der Waals surface area contributed by atoms with Gasteiger partial charge in [-0.05, 0) is 101 Å². The molecule has 0 fully saturated rings. The van der Waals surface area contributed by atoms with Crippen molar-refractivity contribution < 1.29 is 0 Å². The van der Waals surface area contributed by atoms with Crippen molar-refractivity contribution in [2.24, 2.45) is 5.92 Å². The number of aromatic nitrogens is 1. The topological polar surface area (TPSA) is 8.17 Å². The smallest absolute Gasteiger partial charge is 0.0542 e. The Morgan fingerprint density at radius 2 is 1.42 bits per heavy atom. The predicted molar refractivity (Wildman–Crippen MR) is 183 cm³/mol. The SMILES string of the molecule is CC1C=CC(N(c2ccc3c(c2)C(C)(C)Cc2ccccc2-3)c2ccc3c(c2)c2ccccc2n3-c2ccccc2)=CC1. The number of benzene rings is 5. The highest BCUT2D eigenvalue weighted by molar-refractivity contribution is 6.10. The second-order valence-corrected chi connectivity index (χ2v) is 12.9. The van der Waals surface area contributed by atoms with E-state index in [-0.39, 0.29) is 5.41 Å². The van der Waals surface area contributed by atoms with Gasteiger partial charge < -0.3 is 9.47 Å². The van der Waals surface area contributed by atoms with E-state index in [0.717, 1.165) is 12.8 Å². The number of rotatable bonds is 4. The quantitative estimate of drug-likeness (QED) is 0.210. The molecule has 2 aliphatic rings. The number of allylic oxidation sites excluding steroid dienone is 3. The Morgan fingerprint density at radius 1 is 0.698 bits per heavy atom. The van der Waals surface area contributed by atoms with Gasteiger partial charge in [-0.2, -0.15) is 0 Å². The molecule has 210 valence electrons. The van der Waals surface area contributed by atoms with E-state index >= 15 is 0 Å². The molecule has 0 saturated heterocycles. The van der Waals surface area contributed by atoms with Gasteiger partial charge >= 0.3 is 0 Å². The molecule has 0 amide bonds. The van der Waals surface area contributed by atoms with Gasteiger partial charge in [0.05, 0.1) is 11.0 Å². The van der Waals surface area contributed by atoms with Crippen LogP contribution in [0.15, 0.2) is 139 Å². The third-order valence-corrected chi connectivity index (χ3v) is 9.41. The van der Waals surface area contributed by atoms with Crippen LogP contribution in [0, 0.1) is 5.92 Å². The monoisotopic (exact) mass is 556 g/mol. The number of nitrogens with zero attached hydrogens (tertiary/aromatic N) is 2. The Balaban J connectivity index is 1.34. The fourth-order valence-corrected chi connectivity index (χ4v) is 7.26. The van der Waals surface area contributed by atoms with Gasteiger partial charge in [0.1, 0.15) is 0 Å². The lowest BCUT2D eigenvalue weighted by Gasteiger charge is -2.36. The minimum absolute atomic E-state index is 0.0454. The van der Waals surface area contributed by atoms with E-state index in [9.17, 15) is 0 Å². The van der Waals surface area contributed by atoms with Crippen LogP contribution in [-0.4, -0.2) is 4.57 Å². The van der Waals surface area contributed by atoms with Gasteiger partial charge in [-0.25, -0.2) is 0 Å². The maximum atomic E-state index is 2.47. The van der Waals surface area contributed by atoms with Crippen molar-refractivity contribution in [1.29, 1.82) is 0 Å². The summed E-state index contributed by atoms with van der Waals surface area (Å²) in [5.74, 6) is 0.552. The van der Waals surface area contributed by atoms with Crippen molar-refractivity contribution in [3.05, 3.63) is 150 Å². The molecular formula is C41H36N2. The summed E-state index contributed by atoms with van der Waals surface area (Å²) in [5, 5.41) is 2.54.